The number of amides is 3. The van der Waals surface area contributed by atoms with Crippen molar-refractivity contribution in [1.82, 2.24) is 19.6 Å². The van der Waals surface area contributed by atoms with Crippen molar-refractivity contribution in [3.63, 3.8) is 0 Å². The molecular weight excluding hydrogens is 376 g/mol. The predicted molar refractivity (Wildman–Crippen MR) is 106 cm³/mol. The summed E-state index contributed by atoms with van der Waals surface area (Å²) in [5.41, 5.74) is 0.888. The number of hydrogen-bond donors (Lipinski definition) is 1. The number of hydrogen-bond acceptors (Lipinski definition) is 5. The molecule has 0 spiro atoms. The third kappa shape index (κ3) is 2.90. The number of carbonyl (C=O) groups is 2. The maximum atomic E-state index is 13.1. The summed E-state index contributed by atoms with van der Waals surface area (Å²) >= 11 is 1.32. The molecule has 1 aliphatic heterocycles. The molecule has 1 unspecified atom stereocenters. The van der Waals surface area contributed by atoms with Gasteiger partial charge in [0.15, 0.2) is 4.96 Å². The summed E-state index contributed by atoms with van der Waals surface area (Å²) in [6.45, 7) is 5.85. The Balaban J connectivity index is 1.63. The number of aromatic nitrogens is 2. The number of urea groups is 1. The largest absolute Gasteiger partial charge is 0.325 e. The summed E-state index contributed by atoms with van der Waals surface area (Å²) in [4.78, 5) is 43.8. The Morgan fingerprint density at radius 3 is 2.57 bits per heavy atom. The number of carbonyl (C=O) groups excluding carboxylic acids is 2. The molecular formula is C20H20N4O3S. The molecule has 3 aromatic rings. The summed E-state index contributed by atoms with van der Waals surface area (Å²) in [5, 5.41) is 4.55. The number of fused-ring (bicyclic) bond motifs is 1. The van der Waals surface area contributed by atoms with E-state index in [0.717, 1.165) is 16.0 Å². The molecule has 4 rings (SSSR count). The molecule has 1 fully saturated rings. The summed E-state index contributed by atoms with van der Waals surface area (Å²) in [6.07, 6.45) is 1.64. The van der Waals surface area contributed by atoms with Crippen LogP contribution in [0, 0.1) is 0 Å². The van der Waals surface area contributed by atoms with Gasteiger partial charge < -0.3 is 5.32 Å². The van der Waals surface area contributed by atoms with Gasteiger partial charge in [-0.2, -0.15) is 0 Å². The van der Waals surface area contributed by atoms with Crippen LogP contribution in [-0.4, -0.2) is 26.2 Å². The third-order valence-electron chi connectivity index (χ3n) is 5.11. The monoisotopic (exact) mass is 396 g/mol. The van der Waals surface area contributed by atoms with Gasteiger partial charge in [0, 0.05) is 17.6 Å². The lowest BCUT2D eigenvalue weighted by Gasteiger charge is -2.22. The van der Waals surface area contributed by atoms with E-state index in [1.54, 1.807) is 18.5 Å². The lowest BCUT2D eigenvalue weighted by Crippen LogP contribution is -2.40. The molecule has 144 valence electrons. The predicted octanol–water partition coefficient (Wildman–Crippen LogP) is 2.85. The van der Waals surface area contributed by atoms with Crippen molar-refractivity contribution in [3.05, 3.63) is 69.1 Å². The first kappa shape index (κ1) is 18.4. The highest BCUT2D eigenvalue weighted by molar-refractivity contribution is 7.15. The molecule has 1 saturated heterocycles. The highest BCUT2D eigenvalue weighted by atomic mass is 32.1. The van der Waals surface area contributed by atoms with Crippen LogP contribution in [0.3, 0.4) is 0 Å². The summed E-state index contributed by atoms with van der Waals surface area (Å²) < 4.78 is 1.43. The van der Waals surface area contributed by atoms with Gasteiger partial charge in [0.1, 0.15) is 5.54 Å². The number of imide groups is 1. The van der Waals surface area contributed by atoms with Gasteiger partial charge in [0.2, 0.25) is 0 Å². The summed E-state index contributed by atoms with van der Waals surface area (Å²) in [6, 6.07) is 8.56. The van der Waals surface area contributed by atoms with Crippen molar-refractivity contribution < 1.29 is 9.59 Å². The molecule has 28 heavy (non-hydrogen) atoms. The maximum Gasteiger partial charge on any atom is 0.325 e. The fraction of sp³-hybridized carbons (Fsp3) is 0.300. The Hall–Kier alpha value is -3.00. The number of nitrogens with one attached hydrogen (secondary N) is 1. The van der Waals surface area contributed by atoms with Crippen LogP contribution in [-0.2, 0) is 16.9 Å². The molecule has 0 bridgehead atoms. The molecule has 1 N–H and O–H groups in total. The van der Waals surface area contributed by atoms with Gasteiger partial charge in [-0.1, -0.05) is 38.1 Å². The fourth-order valence-corrected chi connectivity index (χ4v) is 4.11. The highest BCUT2D eigenvalue weighted by Crippen LogP contribution is 2.30. The Morgan fingerprint density at radius 2 is 1.89 bits per heavy atom. The second-order valence-electron chi connectivity index (χ2n) is 7.36. The van der Waals surface area contributed by atoms with Crippen LogP contribution >= 0.6 is 11.3 Å². The minimum absolute atomic E-state index is 0.0476. The molecule has 3 heterocycles. The zero-order chi connectivity index (χ0) is 20.1. The molecule has 2 aromatic heterocycles. The summed E-state index contributed by atoms with van der Waals surface area (Å²) in [5.74, 6) is 0.0209. The van der Waals surface area contributed by atoms with Gasteiger partial charge in [0.25, 0.3) is 11.5 Å². The molecule has 1 aromatic carbocycles. The van der Waals surface area contributed by atoms with E-state index in [-0.39, 0.29) is 18.0 Å². The zero-order valence-corrected chi connectivity index (χ0v) is 16.6. The van der Waals surface area contributed by atoms with Gasteiger partial charge >= 0.3 is 6.03 Å². The quantitative estimate of drug-likeness (QED) is 0.688. The number of thiazole rings is 1. The van der Waals surface area contributed by atoms with Crippen LogP contribution in [0.4, 0.5) is 4.79 Å². The molecule has 0 saturated carbocycles. The number of benzene rings is 1. The second-order valence-corrected chi connectivity index (χ2v) is 8.24. The molecule has 8 heteroatoms. The topological polar surface area (TPSA) is 83.8 Å². The van der Waals surface area contributed by atoms with Crippen LogP contribution in [0.2, 0.25) is 0 Å². The first-order valence-corrected chi connectivity index (χ1v) is 9.88. The van der Waals surface area contributed by atoms with Gasteiger partial charge in [0.05, 0.1) is 12.2 Å². The van der Waals surface area contributed by atoms with E-state index >= 15 is 0 Å². The van der Waals surface area contributed by atoms with Crippen LogP contribution in [0.25, 0.3) is 4.96 Å². The van der Waals surface area contributed by atoms with E-state index in [0.29, 0.717) is 16.6 Å². The van der Waals surface area contributed by atoms with Crippen molar-refractivity contribution in [2.45, 2.75) is 38.8 Å². The van der Waals surface area contributed by atoms with Gasteiger partial charge in [-0.25, -0.2) is 9.78 Å². The minimum atomic E-state index is -1.14. The summed E-state index contributed by atoms with van der Waals surface area (Å²) in [7, 11) is 0. The number of rotatable bonds is 4. The maximum absolute atomic E-state index is 13.1. The smallest absolute Gasteiger partial charge is 0.319 e. The average Bonchev–Trinajstić information content (AvgIpc) is 3.21. The zero-order valence-electron chi connectivity index (χ0n) is 15.8. The van der Waals surface area contributed by atoms with E-state index in [1.807, 2.05) is 24.3 Å². The van der Waals surface area contributed by atoms with Gasteiger partial charge in [-0.15, -0.1) is 11.3 Å². The van der Waals surface area contributed by atoms with E-state index in [4.69, 9.17) is 0 Å². The Labute approximate surface area is 165 Å². The van der Waals surface area contributed by atoms with Crippen molar-refractivity contribution in [3.8, 4) is 0 Å². The van der Waals surface area contributed by atoms with Crippen LogP contribution in [0.15, 0.2) is 46.7 Å². The molecule has 3 amide bonds. The minimum Gasteiger partial charge on any atom is -0.319 e. The van der Waals surface area contributed by atoms with Crippen molar-refractivity contribution in [1.29, 1.82) is 0 Å². The fourth-order valence-electron chi connectivity index (χ4n) is 3.37. The normalized spacial score (nSPS) is 19.6. The standard InChI is InChI=1S/C20H20N4O3S/c1-12(2)13-4-6-14(7-5-13)20(3)17(26)24(18(27)22-20)11-15-10-16(25)23-8-9-28-19(23)21-15/h4-10,12H,11H2,1-3H3,(H,22,27). The van der Waals surface area contributed by atoms with Crippen molar-refractivity contribution in [2.75, 3.05) is 0 Å². The first-order chi connectivity index (χ1) is 13.3. The van der Waals surface area contributed by atoms with Gasteiger partial charge in [-0.3, -0.25) is 18.9 Å². The van der Waals surface area contributed by atoms with Gasteiger partial charge in [-0.05, 0) is 24.0 Å². The highest BCUT2D eigenvalue weighted by Gasteiger charge is 2.49. The van der Waals surface area contributed by atoms with Crippen molar-refractivity contribution >= 4 is 28.2 Å². The molecule has 0 radical (unpaired) electrons. The molecule has 7 nitrogen and oxygen atoms in total. The van der Waals surface area contributed by atoms with E-state index in [9.17, 15) is 14.4 Å². The van der Waals surface area contributed by atoms with E-state index < -0.39 is 11.6 Å². The third-order valence-corrected chi connectivity index (χ3v) is 5.86. The molecule has 1 atom stereocenters. The lowest BCUT2D eigenvalue weighted by molar-refractivity contribution is -0.131. The molecule has 1 aliphatic rings. The first-order valence-electron chi connectivity index (χ1n) is 9.00. The lowest BCUT2D eigenvalue weighted by atomic mass is 9.90. The van der Waals surface area contributed by atoms with E-state index in [1.165, 1.54) is 21.8 Å². The van der Waals surface area contributed by atoms with E-state index in [2.05, 4.69) is 24.1 Å². The Bertz CT molecular complexity index is 1130. The Kier molecular flexibility index (Phi) is 4.30. The van der Waals surface area contributed by atoms with Crippen LogP contribution in [0.1, 0.15) is 43.5 Å². The number of nitrogens with zero attached hydrogens (tertiary/aromatic N) is 3. The SMILES string of the molecule is CC(C)c1ccc(C2(C)NC(=O)N(Cc3cc(=O)n4ccsc4n3)C2=O)cc1. The van der Waals surface area contributed by atoms with Crippen molar-refractivity contribution in [2.24, 2.45) is 0 Å². The Morgan fingerprint density at radius 1 is 1.18 bits per heavy atom. The van der Waals surface area contributed by atoms with Crippen LogP contribution in [0.5, 0.6) is 0 Å². The van der Waals surface area contributed by atoms with Crippen LogP contribution < -0.4 is 10.9 Å². The molecule has 0 aliphatic carbocycles. The average molecular weight is 396 g/mol. The second kappa shape index (κ2) is 6.56.